The van der Waals surface area contributed by atoms with Crippen molar-refractivity contribution in [1.82, 2.24) is 9.88 Å². The maximum absolute atomic E-state index is 13.4. The Kier molecular flexibility index (Phi) is 8.00. The molecule has 0 bridgehead atoms. The lowest BCUT2D eigenvalue weighted by molar-refractivity contribution is -0.140. The van der Waals surface area contributed by atoms with Crippen molar-refractivity contribution in [2.24, 2.45) is 0 Å². The number of hydrogen-bond donors (Lipinski definition) is 1. The van der Waals surface area contributed by atoms with E-state index in [4.69, 9.17) is 4.74 Å². The van der Waals surface area contributed by atoms with Crippen molar-refractivity contribution in [3.05, 3.63) is 100 Å². The molecule has 4 rings (SSSR count). The zero-order chi connectivity index (χ0) is 27.4. The van der Waals surface area contributed by atoms with E-state index >= 15 is 0 Å². The van der Waals surface area contributed by atoms with Gasteiger partial charge in [0.2, 0.25) is 0 Å². The quantitative estimate of drug-likeness (QED) is 0.162. The van der Waals surface area contributed by atoms with Crippen molar-refractivity contribution in [2.45, 2.75) is 65.5 Å². The van der Waals surface area contributed by atoms with E-state index in [1.807, 2.05) is 37.3 Å². The third-order valence-electron chi connectivity index (χ3n) is 6.91. The van der Waals surface area contributed by atoms with Gasteiger partial charge in [-0.25, -0.2) is 0 Å². The number of aromatic nitrogens is 1. The van der Waals surface area contributed by atoms with Crippen molar-refractivity contribution < 1.29 is 19.4 Å². The second kappa shape index (κ2) is 11.2. The van der Waals surface area contributed by atoms with E-state index in [9.17, 15) is 14.7 Å². The van der Waals surface area contributed by atoms with Gasteiger partial charge in [-0.15, -0.1) is 0 Å². The van der Waals surface area contributed by atoms with Crippen molar-refractivity contribution in [3.8, 4) is 5.75 Å². The van der Waals surface area contributed by atoms with Crippen molar-refractivity contribution in [2.75, 3.05) is 6.61 Å². The summed E-state index contributed by atoms with van der Waals surface area (Å²) in [6, 6.07) is 16.2. The molecule has 2 aromatic carbocycles. The molecule has 1 atom stereocenters. The number of rotatable bonds is 8. The summed E-state index contributed by atoms with van der Waals surface area (Å²) in [4.78, 5) is 32.4. The summed E-state index contributed by atoms with van der Waals surface area (Å²) >= 11 is 0. The summed E-state index contributed by atoms with van der Waals surface area (Å²) in [5.74, 6) is -0.791. The number of aliphatic hydroxyl groups is 1. The monoisotopic (exact) mass is 512 g/mol. The molecule has 0 spiro atoms. The Hall–Kier alpha value is -3.93. The van der Waals surface area contributed by atoms with Crippen LogP contribution in [0.1, 0.15) is 74.4 Å². The number of benzene rings is 2. The molecule has 1 fully saturated rings. The topological polar surface area (TPSA) is 79.7 Å². The number of aliphatic hydroxyl groups excluding tert-OH is 1. The van der Waals surface area contributed by atoms with Gasteiger partial charge in [0.1, 0.15) is 11.5 Å². The predicted molar refractivity (Wildman–Crippen MR) is 149 cm³/mol. The summed E-state index contributed by atoms with van der Waals surface area (Å²) in [5, 5.41) is 11.5. The highest BCUT2D eigenvalue weighted by Crippen LogP contribution is 2.41. The summed E-state index contributed by atoms with van der Waals surface area (Å²) in [5.41, 5.74) is 4.06. The second-order valence-electron chi connectivity index (χ2n) is 10.8. The number of ether oxygens (including phenoxy) is 1. The van der Waals surface area contributed by atoms with Crippen LogP contribution in [0.2, 0.25) is 0 Å². The number of nitrogens with zero attached hydrogens (tertiary/aromatic N) is 2. The molecule has 6 nitrogen and oxygen atoms in total. The number of carbonyl (C=O) groups excluding carboxylic acids is 2. The fraction of sp³-hybridized carbons (Fsp3) is 0.344. The Bertz CT molecular complexity index is 1340. The zero-order valence-corrected chi connectivity index (χ0v) is 22.8. The normalized spacial score (nSPS) is 17.2. The summed E-state index contributed by atoms with van der Waals surface area (Å²) in [6.07, 6.45) is 5.33. The number of amides is 1. The lowest BCUT2D eigenvalue weighted by Crippen LogP contribution is -2.29. The molecule has 3 aromatic rings. The molecule has 1 aromatic heterocycles. The smallest absolute Gasteiger partial charge is 0.295 e. The van der Waals surface area contributed by atoms with Crippen LogP contribution in [-0.2, 0) is 21.5 Å². The van der Waals surface area contributed by atoms with Crippen LogP contribution in [0.15, 0.2) is 72.6 Å². The molecule has 0 unspecified atom stereocenters. The Morgan fingerprint density at radius 3 is 2.42 bits per heavy atom. The standard InChI is InChI=1S/C32H36N2O4/c1-6-7-17-38-26-15-12-24(18-21(26)2)29(35)27-28(23-10-13-25(14-11-23)32(3,4)5)34(31(37)30(27)36)20-22-9-8-16-33-19-22/h8-16,18-19,28,35H,6-7,17,20H2,1-5H3/t28-/m0/s1. The maximum Gasteiger partial charge on any atom is 0.295 e. The van der Waals surface area contributed by atoms with E-state index in [0.717, 1.165) is 40.8 Å². The first-order valence-corrected chi connectivity index (χ1v) is 13.1. The molecule has 2 heterocycles. The van der Waals surface area contributed by atoms with Crippen LogP contribution in [0.5, 0.6) is 5.75 Å². The Morgan fingerprint density at radius 2 is 1.82 bits per heavy atom. The highest BCUT2D eigenvalue weighted by molar-refractivity contribution is 6.46. The van der Waals surface area contributed by atoms with Gasteiger partial charge in [0.05, 0.1) is 18.2 Å². The first kappa shape index (κ1) is 27.1. The van der Waals surface area contributed by atoms with Crippen LogP contribution in [0.4, 0.5) is 0 Å². The van der Waals surface area contributed by atoms with Crippen LogP contribution in [0.3, 0.4) is 0 Å². The molecule has 198 valence electrons. The average molecular weight is 513 g/mol. The van der Waals surface area contributed by atoms with Gasteiger partial charge < -0.3 is 14.7 Å². The van der Waals surface area contributed by atoms with Crippen LogP contribution in [0.25, 0.3) is 5.76 Å². The van der Waals surface area contributed by atoms with Gasteiger partial charge in [-0.05, 0) is 65.3 Å². The van der Waals surface area contributed by atoms with Crippen LogP contribution < -0.4 is 4.74 Å². The average Bonchev–Trinajstić information content (AvgIpc) is 3.14. The van der Waals surface area contributed by atoms with Crippen molar-refractivity contribution >= 4 is 17.4 Å². The lowest BCUT2D eigenvalue weighted by atomic mass is 9.85. The lowest BCUT2D eigenvalue weighted by Gasteiger charge is -2.26. The second-order valence-corrected chi connectivity index (χ2v) is 10.8. The first-order chi connectivity index (χ1) is 18.1. The van der Waals surface area contributed by atoms with Crippen LogP contribution >= 0.6 is 0 Å². The number of unbranched alkanes of at least 4 members (excludes halogenated alkanes) is 1. The van der Waals surface area contributed by atoms with Crippen molar-refractivity contribution in [1.29, 1.82) is 0 Å². The molecule has 6 heteroatoms. The van der Waals surface area contributed by atoms with E-state index in [1.165, 1.54) is 4.90 Å². The van der Waals surface area contributed by atoms with E-state index in [0.29, 0.717) is 12.2 Å². The van der Waals surface area contributed by atoms with E-state index < -0.39 is 17.7 Å². The molecule has 38 heavy (non-hydrogen) atoms. The highest BCUT2D eigenvalue weighted by atomic mass is 16.5. The molecule has 1 aliphatic rings. The van der Waals surface area contributed by atoms with Gasteiger partial charge in [0, 0.05) is 24.5 Å². The fourth-order valence-electron chi connectivity index (χ4n) is 4.68. The van der Waals surface area contributed by atoms with Gasteiger partial charge in [0.25, 0.3) is 11.7 Å². The Balaban J connectivity index is 1.79. The first-order valence-electron chi connectivity index (χ1n) is 13.1. The van der Waals surface area contributed by atoms with Crippen LogP contribution in [-0.4, -0.2) is 33.3 Å². The van der Waals surface area contributed by atoms with Crippen molar-refractivity contribution in [3.63, 3.8) is 0 Å². The Labute approximate surface area is 225 Å². The van der Waals surface area contributed by atoms with Gasteiger partial charge in [0.15, 0.2) is 0 Å². The SMILES string of the molecule is CCCCOc1ccc(C(O)=C2C(=O)C(=O)N(Cc3cccnc3)[C@H]2c2ccc(C(C)(C)C)cc2)cc1C. The largest absolute Gasteiger partial charge is 0.507 e. The zero-order valence-electron chi connectivity index (χ0n) is 22.8. The molecule has 1 N–H and O–H groups in total. The number of likely N-dealkylation sites (tertiary alicyclic amines) is 1. The summed E-state index contributed by atoms with van der Waals surface area (Å²) in [7, 11) is 0. The van der Waals surface area contributed by atoms with E-state index in [2.05, 4.69) is 32.7 Å². The number of hydrogen-bond acceptors (Lipinski definition) is 5. The van der Waals surface area contributed by atoms with Gasteiger partial charge in [-0.1, -0.05) is 64.4 Å². The third kappa shape index (κ3) is 5.64. The van der Waals surface area contributed by atoms with E-state index in [-0.39, 0.29) is 23.3 Å². The minimum atomic E-state index is -0.731. The minimum Gasteiger partial charge on any atom is -0.507 e. The van der Waals surface area contributed by atoms with Crippen LogP contribution in [0, 0.1) is 6.92 Å². The van der Waals surface area contributed by atoms with Gasteiger partial charge >= 0.3 is 0 Å². The maximum atomic E-state index is 13.4. The molecule has 1 saturated heterocycles. The molecule has 0 aliphatic carbocycles. The summed E-state index contributed by atoms with van der Waals surface area (Å²) in [6.45, 7) is 11.2. The summed E-state index contributed by atoms with van der Waals surface area (Å²) < 4.78 is 5.86. The molecule has 1 amide bonds. The minimum absolute atomic E-state index is 0.0471. The highest BCUT2D eigenvalue weighted by Gasteiger charge is 2.46. The number of ketones is 1. The number of carbonyl (C=O) groups is 2. The number of aryl methyl sites for hydroxylation is 1. The fourth-order valence-corrected chi connectivity index (χ4v) is 4.68. The number of Topliss-reactive ketones (excluding diaryl/α,β-unsaturated/α-hetero) is 1. The molecule has 0 saturated carbocycles. The third-order valence-corrected chi connectivity index (χ3v) is 6.91. The van der Waals surface area contributed by atoms with Gasteiger partial charge in [-0.2, -0.15) is 0 Å². The molecular weight excluding hydrogens is 476 g/mol. The molecule has 0 radical (unpaired) electrons. The van der Waals surface area contributed by atoms with E-state index in [1.54, 1.807) is 36.7 Å². The predicted octanol–water partition coefficient (Wildman–Crippen LogP) is 6.49. The number of pyridine rings is 1. The van der Waals surface area contributed by atoms with Gasteiger partial charge in [-0.3, -0.25) is 14.6 Å². The molecule has 1 aliphatic heterocycles. The Morgan fingerprint density at radius 1 is 1.08 bits per heavy atom. The molecular formula is C32H36N2O4.